The number of hydrogen-bond acceptors (Lipinski definition) is 2. The highest BCUT2D eigenvalue weighted by Gasteiger charge is 2.56. The van der Waals surface area contributed by atoms with Crippen molar-refractivity contribution in [3.8, 4) is 0 Å². The van der Waals surface area contributed by atoms with E-state index in [1.807, 2.05) is 0 Å². The van der Waals surface area contributed by atoms with Gasteiger partial charge in [0.1, 0.15) is 5.54 Å². The zero-order chi connectivity index (χ0) is 14.5. The maximum Gasteiger partial charge on any atom is 0.241 e. The molecule has 0 bridgehead atoms. The van der Waals surface area contributed by atoms with Gasteiger partial charge >= 0.3 is 0 Å². The zero-order valence-electron chi connectivity index (χ0n) is 13.5. The fraction of sp³-hybridized carbons (Fsp3) is 0.941. The maximum absolute atomic E-state index is 12.8. The van der Waals surface area contributed by atoms with Crippen LogP contribution in [0.2, 0.25) is 0 Å². The van der Waals surface area contributed by atoms with Crippen LogP contribution < -0.4 is 10.6 Å². The summed E-state index contributed by atoms with van der Waals surface area (Å²) in [6.07, 6.45) is 6.75. The van der Waals surface area contributed by atoms with Gasteiger partial charge in [0.15, 0.2) is 0 Å². The smallest absolute Gasteiger partial charge is 0.241 e. The SMILES string of the molecule is CC1CC(C)CC2(C1)NC(=O)C1(CC(C)CC(C)C1)N2. The molecule has 0 aromatic rings. The third kappa shape index (κ3) is 2.38. The average Bonchev–Trinajstić information content (AvgIpc) is 2.46. The van der Waals surface area contributed by atoms with Crippen LogP contribution in [0.4, 0.5) is 0 Å². The van der Waals surface area contributed by atoms with Gasteiger partial charge in [-0.05, 0) is 62.2 Å². The van der Waals surface area contributed by atoms with Crippen molar-refractivity contribution < 1.29 is 4.79 Å². The number of amides is 1. The molecule has 0 radical (unpaired) electrons. The van der Waals surface area contributed by atoms with E-state index in [4.69, 9.17) is 0 Å². The van der Waals surface area contributed by atoms with Crippen LogP contribution in [-0.4, -0.2) is 17.1 Å². The number of carbonyl (C=O) groups excluding carboxylic acids is 1. The Labute approximate surface area is 123 Å². The number of hydrogen-bond donors (Lipinski definition) is 2. The standard InChI is InChI=1S/C17H30N2O/c1-11-5-12(2)8-16(7-11)15(20)18-17(19-16)9-13(3)6-14(4)10-17/h11-14,19H,5-10H2,1-4H3,(H,18,20). The molecule has 3 fully saturated rings. The number of nitrogens with one attached hydrogen (secondary N) is 2. The first kappa shape index (κ1) is 14.4. The van der Waals surface area contributed by atoms with Gasteiger partial charge < -0.3 is 5.32 Å². The summed E-state index contributed by atoms with van der Waals surface area (Å²) < 4.78 is 0. The Morgan fingerprint density at radius 1 is 0.850 bits per heavy atom. The summed E-state index contributed by atoms with van der Waals surface area (Å²) in [5.41, 5.74) is -0.404. The van der Waals surface area contributed by atoms with Gasteiger partial charge in [0, 0.05) is 0 Å². The van der Waals surface area contributed by atoms with Crippen molar-refractivity contribution in [3.05, 3.63) is 0 Å². The van der Waals surface area contributed by atoms with Gasteiger partial charge in [-0.2, -0.15) is 0 Å². The van der Waals surface area contributed by atoms with Crippen molar-refractivity contribution in [2.75, 3.05) is 0 Å². The van der Waals surface area contributed by atoms with Gasteiger partial charge in [0.25, 0.3) is 0 Å². The average molecular weight is 278 g/mol. The van der Waals surface area contributed by atoms with E-state index in [0.717, 1.165) is 25.7 Å². The molecule has 3 nitrogen and oxygen atoms in total. The molecule has 2 spiro atoms. The highest BCUT2D eigenvalue weighted by atomic mass is 16.2. The van der Waals surface area contributed by atoms with Crippen molar-refractivity contribution in [2.24, 2.45) is 23.7 Å². The topological polar surface area (TPSA) is 41.1 Å². The summed E-state index contributed by atoms with van der Waals surface area (Å²) >= 11 is 0. The molecule has 3 rings (SSSR count). The quantitative estimate of drug-likeness (QED) is 0.715. The van der Waals surface area contributed by atoms with Crippen LogP contribution in [0.5, 0.6) is 0 Å². The molecule has 4 unspecified atom stereocenters. The van der Waals surface area contributed by atoms with E-state index in [1.165, 1.54) is 12.8 Å². The van der Waals surface area contributed by atoms with E-state index < -0.39 is 0 Å². The number of carbonyl (C=O) groups is 1. The van der Waals surface area contributed by atoms with Crippen LogP contribution in [-0.2, 0) is 4.79 Å². The molecule has 1 amide bonds. The monoisotopic (exact) mass is 278 g/mol. The molecule has 20 heavy (non-hydrogen) atoms. The largest absolute Gasteiger partial charge is 0.336 e. The third-order valence-electron chi connectivity index (χ3n) is 5.66. The first-order valence-corrected chi connectivity index (χ1v) is 8.44. The normalized spacial score (nSPS) is 52.5. The van der Waals surface area contributed by atoms with Gasteiger partial charge in [-0.3, -0.25) is 10.1 Å². The van der Waals surface area contributed by atoms with E-state index in [9.17, 15) is 4.79 Å². The van der Waals surface area contributed by atoms with E-state index in [1.54, 1.807) is 0 Å². The van der Waals surface area contributed by atoms with E-state index in [2.05, 4.69) is 38.3 Å². The molecular weight excluding hydrogens is 248 g/mol. The molecule has 2 aliphatic carbocycles. The van der Waals surface area contributed by atoms with Gasteiger partial charge in [0.05, 0.1) is 5.66 Å². The summed E-state index contributed by atoms with van der Waals surface area (Å²) in [7, 11) is 0. The van der Waals surface area contributed by atoms with Gasteiger partial charge in [-0.15, -0.1) is 0 Å². The van der Waals surface area contributed by atoms with E-state index in [0.29, 0.717) is 23.7 Å². The van der Waals surface area contributed by atoms with E-state index in [-0.39, 0.29) is 17.1 Å². The molecule has 4 atom stereocenters. The molecule has 114 valence electrons. The number of rotatable bonds is 0. The van der Waals surface area contributed by atoms with Crippen molar-refractivity contribution in [1.82, 2.24) is 10.6 Å². The minimum atomic E-state index is -0.284. The molecule has 1 aliphatic heterocycles. The molecular formula is C17H30N2O. The van der Waals surface area contributed by atoms with E-state index >= 15 is 0 Å². The Kier molecular flexibility index (Phi) is 3.39. The lowest BCUT2D eigenvalue weighted by Gasteiger charge is -2.44. The second kappa shape index (κ2) is 4.72. The van der Waals surface area contributed by atoms with Crippen LogP contribution in [0.15, 0.2) is 0 Å². The first-order chi connectivity index (χ1) is 9.32. The Morgan fingerprint density at radius 2 is 1.30 bits per heavy atom. The fourth-order valence-corrected chi connectivity index (χ4v) is 5.63. The van der Waals surface area contributed by atoms with Crippen molar-refractivity contribution >= 4 is 5.91 Å². The Morgan fingerprint density at radius 3 is 1.80 bits per heavy atom. The summed E-state index contributed by atoms with van der Waals surface area (Å²) in [6.45, 7) is 9.23. The van der Waals surface area contributed by atoms with Gasteiger partial charge in [-0.25, -0.2) is 0 Å². The lowest BCUT2D eigenvalue weighted by Crippen LogP contribution is -2.58. The third-order valence-corrected chi connectivity index (χ3v) is 5.66. The lowest BCUT2D eigenvalue weighted by atomic mass is 9.71. The molecule has 3 aliphatic rings. The summed E-state index contributed by atoms with van der Waals surface area (Å²) in [5, 5.41) is 7.21. The minimum absolute atomic E-state index is 0.120. The van der Waals surface area contributed by atoms with Crippen LogP contribution in [0.3, 0.4) is 0 Å². The Bertz CT molecular complexity index is 386. The molecule has 3 heteroatoms. The molecule has 0 aromatic heterocycles. The minimum Gasteiger partial charge on any atom is -0.336 e. The zero-order valence-corrected chi connectivity index (χ0v) is 13.5. The summed E-state index contributed by atoms with van der Waals surface area (Å²) in [4.78, 5) is 12.8. The second-order valence-electron chi connectivity index (χ2n) is 8.45. The predicted octanol–water partition coefficient (Wildman–Crippen LogP) is 3.05. The molecule has 0 aromatic carbocycles. The first-order valence-electron chi connectivity index (χ1n) is 8.44. The molecule has 2 N–H and O–H groups in total. The molecule has 1 heterocycles. The van der Waals surface area contributed by atoms with Crippen molar-refractivity contribution in [2.45, 2.75) is 77.4 Å². The highest BCUT2D eigenvalue weighted by Crippen LogP contribution is 2.44. The van der Waals surface area contributed by atoms with Gasteiger partial charge in [-0.1, -0.05) is 27.7 Å². The maximum atomic E-state index is 12.8. The molecule has 1 saturated heterocycles. The predicted molar refractivity (Wildman–Crippen MR) is 81.1 cm³/mol. The van der Waals surface area contributed by atoms with Crippen LogP contribution in [0.1, 0.15) is 66.2 Å². The van der Waals surface area contributed by atoms with Crippen molar-refractivity contribution in [3.63, 3.8) is 0 Å². The fourth-order valence-electron chi connectivity index (χ4n) is 5.63. The van der Waals surface area contributed by atoms with Crippen LogP contribution >= 0.6 is 0 Å². The molecule has 2 saturated carbocycles. The van der Waals surface area contributed by atoms with Gasteiger partial charge in [0.2, 0.25) is 5.91 Å². The second-order valence-corrected chi connectivity index (χ2v) is 8.45. The summed E-state index contributed by atoms with van der Waals surface area (Å²) in [5.74, 6) is 2.95. The Hall–Kier alpha value is -0.570. The van der Waals surface area contributed by atoms with Crippen LogP contribution in [0, 0.1) is 23.7 Å². The Balaban J connectivity index is 1.84. The summed E-state index contributed by atoms with van der Waals surface area (Å²) in [6, 6.07) is 0. The lowest BCUT2D eigenvalue weighted by molar-refractivity contribution is -0.126. The highest BCUT2D eigenvalue weighted by molar-refractivity contribution is 5.89. The van der Waals surface area contributed by atoms with Crippen molar-refractivity contribution in [1.29, 1.82) is 0 Å². The van der Waals surface area contributed by atoms with Crippen LogP contribution in [0.25, 0.3) is 0 Å².